The van der Waals surface area contributed by atoms with Crippen molar-refractivity contribution in [1.82, 2.24) is 0 Å². The highest BCUT2D eigenvalue weighted by atomic mass is 32.1. The molecule has 0 saturated carbocycles. The minimum Gasteiger partial charge on any atom is -0.192 e. The van der Waals surface area contributed by atoms with Crippen molar-refractivity contribution in [1.29, 1.82) is 5.26 Å². The van der Waals surface area contributed by atoms with E-state index in [9.17, 15) is 0 Å². The first kappa shape index (κ1) is 12.2. The van der Waals surface area contributed by atoms with Gasteiger partial charge in [0.2, 0.25) is 0 Å². The Morgan fingerprint density at radius 2 is 1.84 bits per heavy atom. The Labute approximate surface area is 117 Å². The number of rotatable bonds is 0. The van der Waals surface area contributed by atoms with E-state index in [2.05, 4.69) is 51.1 Å². The van der Waals surface area contributed by atoms with Gasteiger partial charge in [0, 0.05) is 20.2 Å². The second-order valence-electron chi connectivity index (χ2n) is 5.86. The monoisotopic (exact) mass is 265 g/mol. The second kappa shape index (κ2) is 4.08. The first-order chi connectivity index (χ1) is 9.00. The van der Waals surface area contributed by atoms with E-state index in [1.54, 1.807) is 11.3 Å². The molecule has 3 aromatic rings. The fourth-order valence-electron chi connectivity index (χ4n) is 2.46. The molecule has 0 spiro atoms. The van der Waals surface area contributed by atoms with Gasteiger partial charge in [-0.05, 0) is 23.1 Å². The fraction of sp³-hybridized carbons (Fsp3) is 0.235. The third-order valence-corrected chi connectivity index (χ3v) is 4.64. The molecule has 0 aliphatic carbocycles. The van der Waals surface area contributed by atoms with Crippen LogP contribution < -0.4 is 0 Å². The molecule has 1 nitrogen and oxygen atoms in total. The van der Waals surface area contributed by atoms with Crippen LogP contribution in [0.5, 0.6) is 0 Å². The van der Waals surface area contributed by atoms with Crippen molar-refractivity contribution in [3.8, 4) is 6.07 Å². The Kier molecular flexibility index (Phi) is 2.62. The normalized spacial score (nSPS) is 11.9. The Morgan fingerprint density at radius 1 is 1.05 bits per heavy atom. The van der Waals surface area contributed by atoms with Gasteiger partial charge >= 0.3 is 0 Å². The maximum atomic E-state index is 9.01. The van der Waals surface area contributed by atoms with Crippen molar-refractivity contribution in [3.63, 3.8) is 0 Å². The Morgan fingerprint density at radius 3 is 2.53 bits per heavy atom. The minimum atomic E-state index is 0.137. The molecule has 2 heteroatoms. The summed E-state index contributed by atoms with van der Waals surface area (Å²) in [5, 5.41) is 11.6. The zero-order valence-electron chi connectivity index (χ0n) is 11.3. The van der Waals surface area contributed by atoms with Crippen LogP contribution in [-0.4, -0.2) is 0 Å². The van der Waals surface area contributed by atoms with E-state index in [4.69, 9.17) is 5.26 Å². The molecule has 0 saturated heterocycles. The van der Waals surface area contributed by atoms with Gasteiger partial charge in [0.15, 0.2) is 0 Å². The molecule has 0 fully saturated rings. The van der Waals surface area contributed by atoms with E-state index in [1.165, 1.54) is 25.7 Å². The quantitative estimate of drug-likeness (QED) is 0.546. The number of nitrogens with zero attached hydrogens (tertiary/aromatic N) is 1. The van der Waals surface area contributed by atoms with E-state index >= 15 is 0 Å². The molecule has 94 valence electrons. The zero-order valence-corrected chi connectivity index (χ0v) is 12.1. The van der Waals surface area contributed by atoms with Gasteiger partial charge < -0.3 is 0 Å². The van der Waals surface area contributed by atoms with Gasteiger partial charge in [0.1, 0.15) is 0 Å². The number of hydrogen-bond acceptors (Lipinski definition) is 2. The van der Waals surface area contributed by atoms with Gasteiger partial charge in [-0.25, -0.2) is 0 Å². The van der Waals surface area contributed by atoms with E-state index in [0.717, 1.165) is 5.56 Å². The Bertz CT molecular complexity index is 813. The average molecular weight is 265 g/mol. The highest BCUT2D eigenvalue weighted by Crippen LogP contribution is 2.40. The van der Waals surface area contributed by atoms with Crippen molar-refractivity contribution in [2.24, 2.45) is 0 Å². The van der Waals surface area contributed by atoms with Crippen LogP contribution in [0.1, 0.15) is 31.9 Å². The van der Waals surface area contributed by atoms with Crippen LogP contribution in [-0.2, 0) is 5.41 Å². The topological polar surface area (TPSA) is 23.8 Å². The molecule has 0 N–H and O–H groups in total. The summed E-state index contributed by atoms with van der Waals surface area (Å²) in [7, 11) is 0. The lowest BCUT2D eigenvalue weighted by atomic mass is 9.86. The van der Waals surface area contributed by atoms with Gasteiger partial charge in [-0.2, -0.15) is 5.26 Å². The van der Waals surface area contributed by atoms with Crippen LogP contribution in [0.15, 0.2) is 36.4 Å². The van der Waals surface area contributed by atoms with E-state index in [0.29, 0.717) is 0 Å². The summed E-state index contributed by atoms with van der Waals surface area (Å²) in [5.41, 5.74) is 2.25. The first-order valence-electron chi connectivity index (χ1n) is 6.36. The number of fused-ring (bicyclic) bond motifs is 3. The maximum absolute atomic E-state index is 9.01. The summed E-state index contributed by atoms with van der Waals surface area (Å²) in [6.45, 7) is 6.73. The standard InChI is InChI=1S/C17H15NS/c1-17(2,3)14-6-4-5-13-12-8-7-11(10-18)9-15(12)19-16(13)14/h4-9H,1-3H3. The number of benzene rings is 2. The largest absolute Gasteiger partial charge is 0.192 e. The van der Waals surface area contributed by atoms with Gasteiger partial charge in [-0.3, -0.25) is 0 Å². The van der Waals surface area contributed by atoms with E-state index in [1.807, 2.05) is 12.1 Å². The Balaban J connectivity index is 2.43. The molecule has 0 radical (unpaired) electrons. The first-order valence-corrected chi connectivity index (χ1v) is 7.18. The van der Waals surface area contributed by atoms with Crippen LogP contribution in [0, 0.1) is 11.3 Å². The second-order valence-corrected chi connectivity index (χ2v) is 6.91. The highest BCUT2D eigenvalue weighted by Gasteiger charge is 2.18. The van der Waals surface area contributed by atoms with Crippen molar-refractivity contribution >= 4 is 31.5 Å². The smallest absolute Gasteiger partial charge is 0.0992 e. The molecule has 1 aromatic heterocycles. The van der Waals surface area contributed by atoms with Crippen molar-refractivity contribution in [3.05, 3.63) is 47.5 Å². The van der Waals surface area contributed by atoms with Crippen LogP contribution in [0.3, 0.4) is 0 Å². The molecule has 0 unspecified atom stereocenters. The molecule has 19 heavy (non-hydrogen) atoms. The molecule has 0 bridgehead atoms. The van der Waals surface area contributed by atoms with Crippen LogP contribution >= 0.6 is 11.3 Å². The molecule has 1 heterocycles. The summed E-state index contributed by atoms with van der Waals surface area (Å²) in [6, 6.07) is 14.7. The van der Waals surface area contributed by atoms with Crippen LogP contribution in [0.25, 0.3) is 20.2 Å². The molecule has 0 atom stereocenters. The molecule has 0 amide bonds. The molecular formula is C17H15NS. The zero-order chi connectivity index (χ0) is 13.6. The van der Waals surface area contributed by atoms with Crippen LogP contribution in [0.2, 0.25) is 0 Å². The SMILES string of the molecule is CC(C)(C)c1cccc2c1sc1cc(C#N)ccc12. The predicted octanol–water partition coefficient (Wildman–Crippen LogP) is 5.22. The van der Waals surface area contributed by atoms with E-state index in [-0.39, 0.29) is 5.41 Å². The van der Waals surface area contributed by atoms with Gasteiger partial charge in [0.25, 0.3) is 0 Å². The minimum absolute atomic E-state index is 0.137. The summed E-state index contributed by atoms with van der Waals surface area (Å²) in [6.07, 6.45) is 0. The lowest BCUT2D eigenvalue weighted by Crippen LogP contribution is -2.10. The average Bonchev–Trinajstić information content (AvgIpc) is 2.74. The lowest BCUT2D eigenvalue weighted by Gasteiger charge is -2.19. The summed E-state index contributed by atoms with van der Waals surface area (Å²) in [4.78, 5) is 0. The number of thiophene rings is 1. The third-order valence-electron chi connectivity index (χ3n) is 3.44. The molecule has 0 aliphatic heterocycles. The molecule has 3 rings (SSSR count). The Hall–Kier alpha value is -1.85. The van der Waals surface area contributed by atoms with Crippen LogP contribution in [0.4, 0.5) is 0 Å². The highest BCUT2D eigenvalue weighted by molar-refractivity contribution is 7.26. The molecular weight excluding hydrogens is 250 g/mol. The van der Waals surface area contributed by atoms with Gasteiger partial charge in [-0.15, -0.1) is 11.3 Å². The summed E-state index contributed by atoms with van der Waals surface area (Å²) < 4.78 is 2.55. The number of hydrogen-bond donors (Lipinski definition) is 0. The molecule has 0 aliphatic rings. The summed E-state index contributed by atoms with van der Waals surface area (Å²) >= 11 is 1.79. The van der Waals surface area contributed by atoms with Crippen molar-refractivity contribution in [2.75, 3.05) is 0 Å². The lowest BCUT2D eigenvalue weighted by molar-refractivity contribution is 0.597. The van der Waals surface area contributed by atoms with Crippen molar-refractivity contribution < 1.29 is 0 Å². The number of nitriles is 1. The van der Waals surface area contributed by atoms with Gasteiger partial charge in [0.05, 0.1) is 11.6 Å². The van der Waals surface area contributed by atoms with Gasteiger partial charge in [-0.1, -0.05) is 45.0 Å². The van der Waals surface area contributed by atoms with Crippen molar-refractivity contribution in [2.45, 2.75) is 26.2 Å². The molecule has 2 aromatic carbocycles. The summed E-state index contributed by atoms with van der Waals surface area (Å²) in [5.74, 6) is 0. The maximum Gasteiger partial charge on any atom is 0.0992 e. The van der Waals surface area contributed by atoms with E-state index < -0.39 is 0 Å². The fourth-order valence-corrected chi connectivity index (χ4v) is 3.92. The third kappa shape index (κ3) is 1.91. The predicted molar refractivity (Wildman–Crippen MR) is 82.7 cm³/mol.